The van der Waals surface area contributed by atoms with E-state index in [1.807, 2.05) is 25.1 Å². The van der Waals surface area contributed by atoms with Crippen LogP contribution in [0.25, 0.3) is 0 Å². The van der Waals surface area contributed by atoms with E-state index < -0.39 is 17.2 Å². The van der Waals surface area contributed by atoms with Gasteiger partial charge in [0.2, 0.25) is 5.95 Å². The van der Waals surface area contributed by atoms with Crippen molar-refractivity contribution in [3.05, 3.63) is 110 Å². The fourth-order valence-corrected chi connectivity index (χ4v) is 3.68. The van der Waals surface area contributed by atoms with Crippen LogP contribution in [0.2, 0.25) is 0 Å². The first-order valence-electron chi connectivity index (χ1n) is 12.1. The molecule has 0 unspecified atom stereocenters. The van der Waals surface area contributed by atoms with E-state index in [0.29, 0.717) is 17.1 Å². The molecule has 0 saturated heterocycles. The predicted octanol–water partition coefficient (Wildman–Crippen LogP) is 2.19. The van der Waals surface area contributed by atoms with Gasteiger partial charge in [-0.1, -0.05) is 30.3 Å². The van der Waals surface area contributed by atoms with Crippen molar-refractivity contribution < 1.29 is 9.13 Å². The molecule has 12 heteroatoms. The topological polar surface area (TPSA) is 141 Å². The molecule has 0 radical (unpaired) electrons. The van der Waals surface area contributed by atoms with Crippen molar-refractivity contribution in [2.45, 2.75) is 20.0 Å². The first kappa shape index (κ1) is 27.0. The van der Waals surface area contributed by atoms with E-state index in [2.05, 4.69) is 25.6 Å². The Morgan fingerprint density at radius 2 is 1.67 bits per heavy atom. The van der Waals surface area contributed by atoms with Crippen molar-refractivity contribution in [1.82, 2.24) is 19.1 Å². The second-order valence-corrected chi connectivity index (χ2v) is 8.69. The van der Waals surface area contributed by atoms with Gasteiger partial charge in [0, 0.05) is 12.7 Å². The van der Waals surface area contributed by atoms with E-state index in [-0.39, 0.29) is 38.1 Å². The molecular formula is C27H29FN8O3. The second-order valence-electron chi connectivity index (χ2n) is 8.69. The molecule has 4 aromatic rings. The fraction of sp³-hybridized carbons (Fsp3) is 0.222. The summed E-state index contributed by atoms with van der Waals surface area (Å²) in [6.07, 6.45) is 1.71. The maximum absolute atomic E-state index is 13.5. The lowest BCUT2D eigenvalue weighted by molar-refractivity contribution is 0.414. The Hall–Kier alpha value is -5.00. The Kier molecular flexibility index (Phi) is 8.67. The normalized spacial score (nSPS) is 11.3. The van der Waals surface area contributed by atoms with Crippen molar-refractivity contribution in [2.75, 3.05) is 30.8 Å². The fourth-order valence-electron chi connectivity index (χ4n) is 3.68. The summed E-state index contributed by atoms with van der Waals surface area (Å²) < 4.78 is 20.9. The summed E-state index contributed by atoms with van der Waals surface area (Å²) in [5, 5.41) is 5.93. The molecule has 0 aliphatic rings. The lowest BCUT2D eigenvalue weighted by atomic mass is 10.2. The monoisotopic (exact) mass is 532 g/mol. The van der Waals surface area contributed by atoms with E-state index in [4.69, 9.17) is 10.5 Å². The molecule has 4 N–H and O–H groups in total. The minimum atomic E-state index is -0.729. The Bertz CT molecular complexity index is 1550. The zero-order valence-electron chi connectivity index (χ0n) is 21.6. The van der Waals surface area contributed by atoms with Crippen LogP contribution in [0.4, 0.5) is 16.2 Å². The quantitative estimate of drug-likeness (QED) is 0.160. The summed E-state index contributed by atoms with van der Waals surface area (Å²) in [7, 11) is 1.57. The third-order valence-electron chi connectivity index (χ3n) is 5.75. The number of hydrogen-bond acceptors (Lipinski definition) is 7. The van der Waals surface area contributed by atoms with Crippen LogP contribution in [0.5, 0.6) is 5.75 Å². The molecule has 2 aromatic carbocycles. The molecule has 0 saturated carbocycles. The number of nitrogens with zero attached hydrogens (tertiary/aromatic N) is 5. The lowest BCUT2D eigenvalue weighted by Gasteiger charge is -2.15. The average Bonchev–Trinajstić information content (AvgIpc) is 2.93. The van der Waals surface area contributed by atoms with Crippen molar-refractivity contribution in [3.63, 3.8) is 0 Å². The molecule has 4 rings (SSSR count). The van der Waals surface area contributed by atoms with E-state index in [1.54, 1.807) is 31.5 Å². The van der Waals surface area contributed by atoms with E-state index >= 15 is 0 Å². The Morgan fingerprint density at radius 3 is 2.31 bits per heavy atom. The number of nitrogens with two attached hydrogens (primary N) is 1. The molecule has 2 heterocycles. The minimum absolute atomic E-state index is 0.0482. The van der Waals surface area contributed by atoms with Crippen LogP contribution in [-0.2, 0) is 13.1 Å². The summed E-state index contributed by atoms with van der Waals surface area (Å²) in [5.74, 6) is 1.10. The third kappa shape index (κ3) is 7.28. The summed E-state index contributed by atoms with van der Waals surface area (Å²) in [4.78, 5) is 38.9. The second kappa shape index (κ2) is 12.5. The summed E-state index contributed by atoms with van der Waals surface area (Å²) in [6.45, 7) is 2.52. The van der Waals surface area contributed by atoms with Crippen LogP contribution < -0.4 is 32.5 Å². The number of halogens is 1. The molecule has 0 aliphatic heterocycles. The highest BCUT2D eigenvalue weighted by molar-refractivity contribution is 5.91. The van der Waals surface area contributed by atoms with Gasteiger partial charge in [0.15, 0.2) is 5.96 Å². The molecule has 202 valence electrons. The number of aryl methyl sites for hydroxylation is 1. The highest BCUT2D eigenvalue weighted by Crippen LogP contribution is 2.13. The number of methoxy groups -OCH3 is 1. The van der Waals surface area contributed by atoms with Gasteiger partial charge in [0.1, 0.15) is 17.4 Å². The molecule has 0 atom stereocenters. The number of aliphatic imine (C=N–C) groups is 1. The van der Waals surface area contributed by atoms with E-state index in [9.17, 15) is 14.0 Å². The molecule has 39 heavy (non-hydrogen) atoms. The number of anilines is 2. The molecule has 0 fully saturated rings. The standard InChI is InChI=1S/C27H29FN8O3/c1-18-3-12-23(32-15-18)33-24(29)30-13-14-31-25-34-26(37)36(17-19-4-8-21(28)9-5-19)27(38)35(25)16-20-6-10-22(39-2)11-7-20/h3-12,15H,13-14,16-17H2,1-2H3,(H,31,34,37)(H3,29,30,32,33). The first-order chi connectivity index (χ1) is 18.8. The van der Waals surface area contributed by atoms with Gasteiger partial charge in [-0.05, 0) is 53.9 Å². The van der Waals surface area contributed by atoms with E-state index in [1.165, 1.54) is 28.8 Å². The maximum atomic E-state index is 13.5. The molecular weight excluding hydrogens is 503 g/mol. The number of hydrogen-bond donors (Lipinski definition) is 3. The predicted molar refractivity (Wildman–Crippen MR) is 148 cm³/mol. The summed E-state index contributed by atoms with van der Waals surface area (Å²) in [5.41, 5.74) is 7.06. The average molecular weight is 533 g/mol. The van der Waals surface area contributed by atoms with E-state index in [0.717, 1.165) is 15.7 Å². The maximum Gasteiger partial charge on any atom is 0.355 e. The third-order valence-corrected chi connectivity index (χ3v) is 5.75. The Balaban J connectivity index is 1.54. The molecule has 0 spiro atoms. The van der Waals surface area contributed by atoms with Gasteiger partial charge in [-0.2, -0.15) is 4.98 Å². The zero-order chi connectivity index (χ0) is 27.8. The molecule has 2 aromatic heterocycles. The Morgan fingerprint density at radius 1 is 1.00 bits per heavy atom. The number of guanidine groups is 1. The largest absolute Gasteiger partial charge is 0.497 e. The first-order valence-corrected chi connectivity index (χ1v) is 12.1. The van der Waals surface area contributed by atoms with Crippen molar-refractivity contribution >= 4 is 17.7 Å². The van der Waals surface area contributed by atoms with Gasteiger partial charge in [-0.15, -0.1) is 0 Å². The lowest BCUT2D eigenvalue weighted by Crippen LogP contribution is -2.43. The zero-order valence-corrected chi connectivity index (χ0v) is 21.6. The SMILES string of the molecule is COc1ccc(Cn2c(NCCN=C(N)Nc3ccc(C)cn3)nc(=O)n(Cc3ccc(F)cc3)c2=O)cc1. The van der Waals surface area contributed by atoms with Crippen LogP contribution in [0, 0.1) is 12.7 Å². The van der Waals surface area contributed by atoms with Gasteiger partial charge in [0.05, 0.1) is 26.7 Å². The molecule has 11 nitrogen and oxygen atoms in total. The Labute approximate surface area is 223 Å². The van der Waals surface area contributed by atoms with Crippen molar-refractivity contribution in [3.8, 4) is 5.75 Å². The smallest absolute Gasteiger partial charge is 0.355 e. The minimum Gasteiger partial charge on any atom is -0.497 e. The molecule has 0 amide bonds. The number of pyridine rings is 1. The van der Waals surface area contributed by atoms with Crippen LogP contribution in [-0.4, -0.2) is 45.3 Å². The van der Waals surface area contributed by atoms with Crippen LogP contribution in [0.3, 0.4) is 0 Å². The van der Waals surface area contributed by atoms with Gasteiger partial charge in [0.25, 0.3) is 0 Å². The van der Waals surface area contributed by atoms with Gasteiger partial charge in [-0.3, -0.25) is 9.56 Å². The summed E-state index contributed by atoms with van der Waals surface area (Å²) >= 11 is 0. The highest BCUT2D eigenvalue weighted by atomic mass is 19.1. The number of rotatable bonds is 10. The van der Waals surface area contributed by atoms with Gasteiger partial charge < -0.3 is 21.1 Å². The number of ether oxygens (including phenoxy) is 1. The number of aromatic nitrogens is 4. The van der Waals surface area contributed by atoms with Crippen LogP contribution in [0.1, 0.15) is 16.7 Å². The summed E-state index contributed by atoms with van der Waals surface area (Å²) in [6, 6.07) is 16.5. The number of benzene rings is 2. The number of nitrogens with one attached hydrogen (secondary N) is 2. The van der Waals surface area contributed by atoms with Gasteiger partial charge >= 0.3 is 11.4 Å². The van der Waals surface area contributed by atoms with Crippen LogP contribution in [0.15, 0.2) is 81.4 Å². The molecule has 0 bridgehead atoms. The van der Waals surface area contributed by atoms with Crippen molar-refractivity contribution in [2.24, 2.45) is 10.7 Å². The van der Waals surface area contributed by atoms with Crippen LogP contribution >= 0.6 is 0 Å². The molecule has 0 aliphatic carbocycles. The highest BCUT2D eigenvalue weighted by Gasteiger charge is 2.14. The van der Waals surface area contributed by atoms with Gasteiger partial charge in [-0.25, -0.2) is 23.5 Å². The van der Waals surface area contributed by atoms with Crippen molar-refractivity contribution in [1.29, 1.82) is 0 Å².